The van der Waals surface area contributed by atoms with Crippen LogP contribution in [0.1, 0.15) is 66.2 Å². The van der Waals surface area contributed by atoms with E-state index in [-0.39, 0.29) is 17.2 Å². The largest absolute Gasteiger partial charge is 0.465 e. The average Bonchev–Trinajstić information content (AvgIpc) is 2.25. The summed E-state index contributed by atoms with van der Waals surface area (Å²) in [5, 5.41) is 0. The highest BCUT2D eigenvalue weighted by atomic mass is 16.5. The summed E-state index contributed by atoms with van der Waals surface area (Å²) < 4.78 is 5.10. The number of ether oxygens (including phenoxy) is 1. The normalized spacial score (nSPS) is 20.0. The molecule has 0 heterocycles. The van der Waals surface area contributed by atoms with Gasteiger partial charge in [-0.05, 0) is 44.9 Å². The Hall–Kier alpha value is -0.860. The molecule has 1 fully saturated rings. The van der Waals surface area contributed by atoms with Crippen LogP contribution in [0.4, 0.5) is 0 Å². The zero-order chi connectivity index (χ0) is 13.8. The van der Waals surface area contributed by atoms with Gasteiger partial charge in [-0.3, -0.25) is 9.59 Å². The Morgan fingerprint density at radius 2 is 1.56 bits per heavy atom. The van der Waals surface area contributed by atoms with Crippen molar-refractivity contribution >= 4 is 11.8 Å². The molecule has 0 aromatic carbocycles. The molecule has 18 heavy (non-hydrogen) atoms. The smallest absolute Gasteiger partial charge is 0.319 e. The minimum absolute atomic E-state index is 0.0243. The number of hydrogen-bond donors (Lipinski definition) is 0. The van der Waals surface area contributed by atoms with Gasteiger partial charge in [-0.1, -0.05) is 26.7 Å². The summed E-state index contributed by atoms with van der Waals surface area (Å²) in [5.41, 5.74) is -0.637. The second kappa shape index (κ2) is 5.85. The van der Waals surface area contributed by atoms with E-state index in [1.165, 1.54) is 6.92 Å². The lowest BCUT2D eigenvalue weighted by Crippen LogP contribution is -2.55. The number of esters is 1. The van der Waals surface area contributed by atoms with E-state index in [1.54, 1.807) is 6.92 Å². The van der Waals surface area contributed by atoms with Crippen LogP contribution in [0.5, 0.6) is 0 Å². The summed E-state index contributed by atoms with van der Waals surface area (Å²) in [6.07, 6.45) is 5.81. The molecule has 0 spiro atoms. The highest BCUT2D eigenvalue weighted by molar-refractivity contribution is 6.04. The fraction of sp³-hybridized carbons (Fsp3) is 0.867. The molecule has 3 heteroatoms. The lowest BCUT2D eigenvalue weighted by molar-refractivity contribution is -0.178. The zero-order valence-electron chi connectivity index (χ0n) is 12.2. The summed E-state index contributed by atoms with van der Waals surface area (Å²) in [6, 6.07) is 0. The van der Waals surface area contributed by atoms with Crippen molar-refractivity contribution in [3.8, 4) is 0 Å². The van der Waals surface area contributed by atoms with Gasteiger partial charge in [0.05, 0.1) is 6.61 Å². The third kappa shape index (κ3) is 2.60. The van der Waals surface area contributed by atoms with Gasteiger partial charge < -0.3 is 4.74 Å². The van der Waals surface area contributed by atoms with Crippen molar-refractivity contribution in [2.24, 2.45) is 10.8 Å². The summed E-state index contributed by atoms with van der Waals surface area (Å²) in [5.74, 6) is -0.330. The number of carbonyl (C=O) groups is 2. The Morgan fingerprint density at radius 1 is 1.06 bits per heavy atom. The fourth-order valence-electron chi connectivity index (χ4n) is 3.57. The summed E-state index contributed by atoms with van der Waals surface area (Å²) in [4.78, 5) is 23.9. The highest BCUT2D eigenvalue weighted by Gasteiger charge is 2.61. The first-order valence-electron chi connectivity index (χ1n) is 7.14. The molecule has 0 saturated heterocycles. The molecule has 0 N–H and O–H groups in total. The SMILES string of the molecule is CCCC1(CCC)CC(C(C)=O)(C(=O)OCC)C1. The lowest BCUT2D eigenvalue weighted by atomic mass is 9.48. The molecular formula is C15H26O3. The fourth-order valence-corrected chi connectivity index (χ4v) is 3.57. The molecule has 0 aromatic heterocycles. The first kappa shape index (κ1) is 15.2. The Morgan fingerprint density at radius 3 is 1.89 bits per heavy atom. The molecule has 0 aromatic rings. The van der Waals surface area contributed by atoms with Crippen molar-refractivity contribution in [1.29, 1.82) is 0 Å². The second-order valence-electron chi connectivity index (χ2n) is 5.71. The van der Waals surface area contributed by atoms with Crippen LogP contribution in [0.3, 0.4) is 0 Å². The topological polar surface area (TPSA) is 43.4 Å². The Kier molecular flexibility index (Phi) is 4.94. The second-order valence-corrected chi connectivity index (χ2v) is 5.71. The molecule has 104 valence electrons. The predicted octanol–water partition coefficient (Wildman–Crippen LogP) is 3.51. The molecule has 1 aliphatic carbocycles. The van der Waals surface area contributed by atoms with Gasteiger partial charge in [-0.2, -0.15) is 0 Å². The van der Waals surface area contributed by atoms with Crippen LogP contribution in [-0.4, -0.2) is 18.4 Å². The zero-order valence-corrected chi connectivity index (χ0v) is 12.2. The van der Waals surface area contributed by atoms with Gasteiger partial charge >= 0.3 is 5.97 Å². The number of Topliss-reactive ketones (excluding diaryl/α,β-unsaturated/α-hetero) is 1. The monoisotopic (exact) mass is 254 g/mol. The van der Waals surface area contributed by atoms with Crippen molar-refractivity contribution in [3.63, 3.8) is 0 Å². The van der Waals surface area contributed by atoms with E-state index in [1.807, 2.05) is 0 Å². The molecule has 1 aliphatic rings. The predicted molar refractivity (Wildman–Crippen MR) is 71.2 cm³/mol. The van der Waals surface area contributed by atoms with E-state index < -0.39 is 5.41 Å². The molecule has 3 nitrogen and oxygen atoms in total. The number of rotatable bonds is 7. The molecule has 1 rings (SSSR count). The third-order valence-corrected chi connectivity index (χ3v) is 4.25. The van der Waals surface area contributed by atoms with Crippen molar-refractivity contribution in [2.45, 2.75) is 66.2 Å². The van der Waals surface area contributed by atoms with Crippen LogP contribution in [0.25, 0.3) is 0 Å². The molecule has 0 aliphatic heterocycles. The van der Waals surface area contributed by atoms with Crippen LogP contribution in [-0.2, 0) is 14.3 Å². The van der Waals surface area contributed by atoms with E-state index in [2.05, 4.69) is 13.8 Å². The quantitative estimate of drug-likeness (QED) is 0.516. The molecule has 0 unspecified atom stereocenters. The summed E-state index contributed by atoms with van der Waals surface area (Å²) in [7, 11) is 0. The first-order chi connectivity index (χ1) is 8.46. The number of carbonyl (C=O) groups excluding carboxylic acids is 2. The molecule has 0 radical (unpaired) electrons. The van der Waals surface area contributed by atoms with Crippen LogP contribution < -0.4 is 0 Å². The molecule has 0 bridgehead atoms. The van der Waals surface area contributed by atoms with Gasteiger partial charge in [-0.15, -0.1) is 0 Å². The van der Waals surface area contributed by atoms with Crippen molar-refractivity contribution in [2.75, 3.05) is 6.61 Å². The lowest BCUT2D eigenvalue weighted by Gasteiger charge is -2.53. The Bertz CT molecular complexity index is 306. The van der Waals surface area contributed by atoms with E-state index in [4.69, 9.17) is 4.74 Å². The first-order valence-corrected chi connectivity index (χ1v) is 7.14. The maximum absolute atomic E-state index is 12.0. The minimum Gasteiger partial charge on any atom is -0.465 e. The number of ketones is 1. The van der Waals surface area contributed by atoms with Gasteiger partial charge in [0.1, 0.15) is 11.2 Å². The standard InChI is InChI=1S/C15H26O3/c1-5-8-14(9-6-2)10-15(11-14,12(4)16)13(17)18-7-3/h5-11H2,1-4H3. The maximum atomic E-state index is 12.0. The molecule has 1 saturated carbocycles. The van der Waals surface area contributed by atoms with Crippen LogP contribution >= 0.6 is 0 Å². The van der Waals surface area contributed by atoms with E-state index in [9.17, 15) is 9.59 Å². The molecular weight excluding hydrogens is 228 g/mol. The molecule has 0 amide bonds. The van der Waals surface area contributed by atoms with Gasteiger partial charge in [0.25, 0.3) is 0 Å². The minimum atomic E-state index is -0.833. The van der Waals surface area contributed by atoms with Crippen molar-refractivity contribution in [3.05, 3.63) is 0 Å². The maximum Gasteiger partial charge on any atom is 0.319 e. The number of hydrogen-bond acceptors (Lipinski definition) is 3. The van der Waals surface area contributed by atoms with E-state index in [0.717, 1.165) is 25.7 Å². The third-order valence-electron chi connectivity index (χ3n) is 4.25. The highest BCUT2D eigenvalue weighted by Crippen LogP contribution is 2.60. The Labute approximate surface area is 110 Å². The van der Waals surface area contributed by atoms with Crippen molar-refractivity contribution in [1.82, 2.24) is 0 Å². The Balaban J connectivity index is 2.82. The van der Waals surface area contributed by atoms with Gasteiger partial charge in [-0.25, -0.2) is 0 Å². The van der Waals surface area contributed by atoms with Crippen molar-refractivity contribution < 1.29 is 14.3 Å². The summed E-state index contributed by atoms with van der Waals surface area (Å²) in [6.45, 7) is 7.99. The summed E-state index contributed by atoms with van der Waals surface area (Å²) >= 11 is 0. The van der Waals surface area contributed by atoms with Crippen LogP contribution in [0, 0.1) is 10.8 Å². The van der Waals surface area contributed by atoms with Gasteiger partial charge in [0, 0.05) is 0 Å². The van der Waals surface area contributed by atoms with Gasteiger partial charge in [0.15, 0.2) is 0 Å². The van der Waals surface area contributed by atoms with E-state index >= 15 is 0 Å². The average molecular weight is 254 g/mol. The van der Waals surface area contributed by atoms with E-state index in [0.29, 0.717) is 19.4 Å². The van der Waals surface area contributed by atoms with Crippen LogP contribution in [0.2, 0.25) is 0 Å². The van der Waals surface area contributed by atoms with Crippen LogP contribution in [0.15, 0.2) is 0 Å². The van der Waals surface area contributed by atoms with Gasteiger partial charge in [0.2, 0.25) is 0 Å². The molecule has 0 atom stereocenters.